The molecule has 0 spiro atoms. The number of nitrogens with two attached hydrogens (primary N) is 1. The minimum atomic E-state index is -3.66. The molecule has 0 aliphatic carbocycles. The molecule has 20 heavy (non-hydrogen) atoms. The smallest absolute Gasteiger partial charge is 0.243 e. The van der Waals surface area contributed by atoms with Crippen molar-refractivity contribution < 1.29 is 8.42 Å². The molecule has 0 aliphatic heterocycles. The zero-order valence-corrected chi connectivity index (χ0v) is 13.1. The first-order chi connectivity index (χ1) is 9.43. The normalized spacial score (nSPS) is 11.7. The van der Waals surface area contributed by atoms with Crippen LogP contribution in [0.3, 0.4) is 0 Å². The Morgan fingerprint density at radius 2 is 2.15 bits per heavy atom. The van der Waals surface area contributed by atoms with Crippen LogP contribution >= 0.6 is 23.6 Å². The quantitative estimate of drug-likeness (QED) is 0.844. The molecule has 0 aliphatic rings. The topological polar surface area (TPSA) is 76.3 Å². The van der Waals surface area contributed by atoms with Crippen LogP contribution in [0, 0.1) is 0 Å². The van der Waals surface area contributed by atoms with E-state index in [9.17, 15) is 8.42 Å². The predicted octanol–water partition coefficient (Wildman–Crippen LogP) is 1.60. The average molecular weight is 327 g/mol. The summed E-state index contributed by atoms with van der Waals surface area (Å²) < 4.78 is 26.4. The van der Waals surface area contributed by atoms with Crippen LogP contribution in [0.2, 0.25) is 0 Å². The van der Waals surface area contributed by atoms with Gasteiger partial charge in [-0.05, 0) is 6.07 Å². The molecule has 0 fully saturated rings. The highest BCUT2D eigenvalue weighted by molar-refractivity contribution is 7.89. The predicted molar refractivity (Wildman–Crippen MR) is 83.1 cm³/mol. The molecule has 0 saturated heterocycles. The van der Waals surface area contributed by atoms with Gasteiger partial charge in [-0.25, -0.2) is 13.4 Å². The molecule has 1 aromatic carbocycles. The first kappa shape index (κ1) is 15.0. The number of thiocarbonyl (C=S) groups is 1. The number of sulfonamides is 1. The lowest BCUT2D eigenvalue weighted by atomic mass is 10.2. The molecule has 0 bridgehead atoms. The van der Waals surface area contributed by atoms with E-state index < -0.39 is 10.0 Å². The van der Waals surface area contributed by atoms with Crippen molar-refractivity contribution in [1.82, 2.24) is 9.29 Å². The van der Waals surface area contributed by atoms with Gasteiger partial charge in [0.2, 0.25) is 10.0 Å². The van der Waals surface area contributed by atoms with E-state index in [4.69, 9.17) is 18.0 Å². The molecule has 2 aromatic rings. The SMILES string of the molecule is CN(Cc1cscn1)S(=O)(=O)c1ccccc1C(N)=S. The second-order valence-corrected chi connectivity index (χ2v) is 7.27. The molecule has 106 valence electrons. The standard InChI is InChI=1S/C12H13N3O2S3/c1-15(6-9-7-19-8-14-9)20(16,17)11-5-3-2-4-10(11)12(13)18/h2-5,7-8H,6H2,1H3,(H2,13,18). The summed E-state index contributed by atoms with van der Waals surface area (Å²) in [7, 11) is -2.16. The maximum absolute atomic E-state index is 12.6. The first-order valence-electron chi connectivity index (χ1n) is 5.65. The molecule has 2 rings (SSSR count). The van der Waals surface area contributed by atoms with Gasteiger partial charge in [0.1, 0.15) is 4.99 Å². The van der Waals surface area contributed by atoms with Crippen LogP contribution in [0.25, 0.3) is 0 Å². The second kappa shape index (κ2) is 5.96. The van der Waals surface area contributed by atoms with E-state index in [0.29, 0.717) is 11.3 Å². The minimum Gasteiger partial charge on any atom is -0.389 e. The number of thiazole rings is 1. The summed E-state index contributed by atoms with van der Waals surface area (Å²) in [6.07, 6.45) is 0. The molecule has 2 N–H and O–H groups in total. The monoisotopic (exact) mass is 327 g/mol. The minimum absolute atomic E-state index is 0.0613. The van der Waals surface area contributed by atoms with E-state index in [-0.39, 0.29) is 16.4 Å². The lowest BCUT2D eigenvalue weighted by Gasteiger charge is -2.18. The second-order valence-electron chi connectivity index (χ2n) is 4.10. The number of benzene rings is 1. The van der Waals surface area contributed by atoms with Gasteiger partial charge in [0.25, 0.3) is 0 Å². The highest BCUT2D eigenvalue weighted by Gasteiger charge is 2.24. The van der Waals surface area contributed by atoms with Crippen LogP contribution in [0.1, 0.15) is 11.3 Å². The summed E-state index contributed by atoms with van der Waals surface area (Å²) in [6, 6.07) is 6.45. The van der Waals surface area contributed by atoms with Gasteiger partial charge in [0, 0.05) is 18.0 Å². The summed E-state index contributed by atoms with van der Waals surface area (Å²) in [5, 5.41) is 1.81. The molecule has 8 heteroatoms. The van der Waals surface area contributed by atoms with Crippen LogP contribution in [0.5, 0.6) is 0 Å². The zero-order chi connectivity index (χ0) is 14.8. The number of nitrogens with zero attached hydrogens (tertiary/aromatic N) is 2. The van der Waals surface area contributed by atoms with Crippen LogP contribution < -0.4 is 5.73 Å². The summed E-state index contributed by atoms with van der Waals surface area (Å²) in [6.45, 7) is 0.206. The van der Waals surface area contributed by atoms with Gasteiger partial charge in [-0.2, -0.15) is 4.31 Å². The van der Waals surface area contributed by atoms with Crippen LogP contribution in [-0.2, 0) is 16.6 Å². The fourth-order valence-electron chi connectivity index (χ4n) is 1.69. The Kier molecular flexibility index (Phi) is 4.48. The summed E-state index contributed by atoms with van der Waals surface area (Å²) in [4.78, 5) is 4.26. The lowest BCUT2D eigenvalue weighted by molar-refractivity contribution is 0.463. The van der Waals surface area contributed by atoms with E-state index in [2.05, 4.69) is 4.98 Å². The maximum atomic E-state index is 12.6. The van der Waals surface area contributed by atoms with Crippen molar-refractivity contribution in [2.45, 2.75) is 11.4 Å². The highest BCUT2D eigenvalue weighted by Crippen LogP contribution is 2.20. The number of hydrogen-bond acceptors (Lipinski definition) is 5. The van der Waals surface area contributed by atoms with Crippen LogP contribution in [0.15, 0.2) is 40.1 Å². The van der Waals surface area contributed by atoms with Crippen molar-refractivity contribution in [2.24, 2.45) is 5.73 Å². The Bertz CT molecular complexity index is 711. The maximum Gasteiger partial charge on any atom is 0.243 e. The largest absolute Gasteiger partial charge is 0.389 e. The molecule has 0 saturated carbocycles. The van der Waals surface area contributed by atoms with Gasteiger partial charge in [-0.15, -0.1) is 11.3 Å². The van der Waals surface area contributed by atoms with Gasteiger partial charge in [-0.1, -0.05) is 30.4 Å². The van der Waals surface area contributed by atoms with Crippen molar-refractivity contribution in [3.05, 3.63) is 46.4 Å². The van der Waals surface area contributed by atoms with Gasteiger partial charge in [0.05, 0.1) is 22.6 Å². The molecule has 0 atom stereocenters. The number of aromatic nitrogens is 1. The molecular weight excluding hydrogens is 314 g/mol. The van der Waals surface area contributed by atoms with Crippen molar-refractivity contribution in [3.8, 4) is 0 Å². The van der Waals surface area contributed by atoms with Crippen molar-refractivity contribution in [3.63, 3.8) is 0 Å². The van der Waals surface area contributed by atoms with Crippen molar-refractivity contribution in [1.29, 1.82) is 0 Å². The Hall–Kier alpha value is -1.35. The van der Waals surface area contributed by atoms with Gasteiger partial charge < -0.3 is 5.73 Å². The van der Waals surface area contributed by atoms with E-state index in [0.717, 1.165) is 0 Å². The molecule has 0 unspecified atom stereocenters. The summed E-state index contributed by atoms with van der Waals surface area (Å²) in [5.41, 5.74) is 8.31. The van der Waals surface area contributed by atoms with E-state index in [1.807, 2.05) is 5.38 Å². The van der Waals surface area contributed by atoms with Gasteiger partial charge in [0.15, 0.2) is 0 Å². The van der Waals surface area contributed by atoms with Gasteiger partial charge >= 0.3 is 0 Å². The lowest BCUT2D eigenvalue weighted by Crippen LogP contribution is -2.28. The van der Waals surface area contributed by atoms with E-state index >= 15 is 0 Å². The van der Waals surface area contributed by atoms with Crippen molar-refractivity contribution >= 4 is 38.6 Å². The molecule has 0 amide bonds. The third-order valence-corrected chi connectivity index (χ3v) is 5.43. The summed E-state index contributed by atoms with van der Waals surface area (Å²) >= 11 is 6.33. The average Bonchev–Trinajstić information content (AvgIpc) is 2.91. The van der Waals surface area contributed by atoms with E-state index in [1.54, 1.807) is 23.7 Å². The number of rotatable bonds is 5. The third kappa shape index (κ3) is 3.04. The Labute approximate surface area is 127 Å². The zero-order valence-electron chi connectivity index (χ0n) is 10.7. The molecule has 5 nitrogen and oxygen atoms in total. The number of hydrogen-bond donors (Lipinski definition) is 1. The van der Waals surface area contributed by atoms with Crippen LogP contribution in [0.4, 0.5) is 0 Å². The van der Waals surface area contributed by atoms with Gasteiger partial charge in [-0.3, -0.25) is 0 Å². The van der Waals surface area contributed by atoms with E-state index in [1.165, 1.54) is 28.8 Å². The fraction of sp³-hybridized carbons (Fsp3) is 0.167. The Morgan fingerprint density at radius 3 is 2.75 bits per heavy atom. The third-order valence-electron chi connectivity index (χ3n) is 2.71. The highest BCUT2D eigenvalue weighted by atomic mass is 32.2. The van der Waals surface area contributed by atoms with Crippen molar-refractivity contribution in [2.75, 3.05) is 7.05 Å². The first-order valence-corrected chi connectivity index (χ1v) is 8.44. The Balaban J connectivity index is 2.37. The van der Waals surface area contributed by atoms with Crippen LogP contribution in [-0.4, -0.2) is 29.7 Å². The molecule has 1 aromatic heterocycles. The summed E-state index contributed by atoms with van der Waals surface area (Å²) in [5.74, 6) is 0. The molecule has 0 radical (unpaired) electrons. The fourth-order valence-corrected chi connectivity index (χ4v) is 3.83. The molecular formula is C12H13N3O2S3. The molecule has 1 heterocycles. The Morgan fingerprint density at radius 1 is 1.45 bits per heavy atom.